The Bertz CT molecular complexity index is 28.5. The normalized spacial score (nSPS) is 10.8. The van der Waals surface area contributed by atoms with Crippen LogP contribution in [0.4, 0.5) is 0 Å². The van der Waals surface area contributed by atoms with Gasteiger partial charge in [-0.15, -0.1) is 0 Å². The van der Waals surface area contributed by atoms with E-state index in [-0.39, 0.29) is 0 Å². The van der Waals surface area contributed by atoms with Crippen molar-refractivity contribution in [1.82, 2.24) is 4.81 Å². The molecule has 0 atom stereocenters. The molecule has 34 valence electrons. The van der Waals surface area contributed by atoms with Gasteiger partial charge in [-0.1, -0.05) is 13.8 Å². The summed E-state index contributed by atoms with van der Waals surface area (Å²) in [6.45, 7) is 4.08. The van der Waals surface area contributed by atoms with Gasteiger partial charge < -0.3 is 4.81 Å². The molecule has 0 fully saturated rings. The summed E-state index contributed by atoms with van der Waals surface area (Å²) in [5.74, 6) is 0. The first-order valence-electron chi connectivity index (χ1n) is 2.12. The quantitative estimate of drug-likeness (QED) is 0.415. The lowest BCUT2D eigenvalue weighted by Crippen LogP contribution is -2.22. The summed E-state index contributed by atoms with van der Waals surface area (Å²) in [5.41, 5.74) is 0. The van der Waals surface area contributed by atoms with Crippen molar-refractivity contribution < 1.29 is 0 Å². The monoisotopic (exact) mass is 83.1 g/mol. The Hall–Kier alpha value is 0.0249. The lowest BCUT2D eigenvalue weighted by Gasteiger charge is -2.13. The summed E-state index contributed by atoms with van der Waals surface area (Å²) in [5, 5.41) is 0. The van der Waals surface area contributed by atoms with E-state index in [1.807, 2.05) is 20.9 Å². The van der Waals surface area contributed by atoms with Crippen LogP contribution in [0.2, 0.25) is 0 Å². The van der Waals surface area contributed by atoms with Crippen LogP contribution in [0.5, 0.6) is 0 Å². The molecule has 2 radical (unpaired) electrons. The fourth-order valence-electron chi connectivity index (χ4n) is 0. The average Bonchev–Trinajstić information content (AvgIpc) is 1.36. The molecular weight excluding hydrogens is 72.9 g/mol. The predicted octanol–water partition coefficient (Wildman–Crippen LogP) is 0.410. The average molecular weight is 82.9 g/mol. The molecule has 0 aromatic carbocycles. The fourth-order valence-corrected chi connectivity index (χ4v) is 0. The molecule has 0 spiro atoms. The van der Waals surface area contributed by atoms with Gasteiger partial charge >= 0.3 is 0 Å². The van der Waals surface area contributed by atoms with Gasteiger partial charge in [0.15, 0.2) is 7.98 Å². The van der Waals surface area contributed by atoms with Crippen molar-refractivity contribution in [2.45, 2.75) is 19.9 Å². The second-order valence-electron chi connectivity index (χ2n) is 1.76. The molecule has 0 N–H and O–H groups in total. The van der Waals surface area contributed by atoms with Gasteiger partial charge in [-0.2, -0.15) is 0 Å². The molecule has 0 saturated heterocycles. The summed E-state index contributed by atoms with van der Waals surface area (Å²) >= 11 is 0. The molecule has 0 bridgehead atoms. The molecule has 0 aliphatic rings. The second kappa shape index (κ2) is 2.24. The van der Waals surface area contributed by atoms with Crippen LogP contribution in [0.3, 0.4) is 0 Å². The van der Waals surface area contributed by atoms with Crippen LogP contribution in [0.25, 0.3) is 0 Å². The van der Waals surface area contributed by atoms with E-state index in [0.29, 0.717) is 6.04 Å². The van der Waals surface area contributed by atoms with E-state index in [2.05, 4.69) is 0 Å². The maximum Gasteiger partial charge on any atom is 0.182 e. The third-order valence-corrected chi connectivity index (χ3v) is 0.815. The highest BCUT2D eigenvalue weighted by atomic mass is 15.0. The molecular formula is C4H10BN. The summed E-state index contributed by atoms with van der Waals surface area (Å²) in [6.07, 6.45) is 0. The summed E-state index contributed by atoms with van der Waals surface area (Å²) in [7, 11) is 7.12. The van der Waals surface area contributed by atoms with Crippen LogP contribution in [0.15, 0.2) is 0 Å². The Morgan fingerprint density at radius 3 is 1.67 bits per heavy atom. The van der Waals surface area contributed by atoms with Crippen LogP contribution >= 0.6 is 0 Å². The summed E-state index contributed by atoms with van der Waals surface area (Å²) in [6, 6.07) is 0.463. The van der Waals surface area contributed by atoms with Crippen molar-refractivity contribution in [1.29, 1.82) is 0 Å². The van der Waals surface area contributed by atoms with Gasteiger partial charge in [0, 0.05) is 0 Å². The van der Waals surface area contributed by atoms with Gasteiger partial charge in [0.05, 0.1) is 0 Å². The van der Waals surface area contributed by atoms with Crippen LogP contribution in [-0.4, -0.2) is 25.9 Å². The zero-order valence-electron chi connectivity index (χ0n) is 4.60. The van der Waals surface area contributed by atoms with E-state index in [0.717, 1.165) is 0 Å². The van der Waals surface area contributed by atoms with Gasteiger partial charge in [0.25, 0.3) is 0 Å². The SMILES string of the molecule is [B]N(C)C(C)C. The minimum Gasteiger partial charge on any atom is -0.354 e. The highest BCUT2D eigenvalue weighted by molar-refractivity contribution is 6.04. The van der Waals surface area contributed by atoms with Crippen LogP contribution < -0.4 is 0 Å². The molecule has 0 aliphatic carbocycles. The molecule has 6 heavy (non-hydrogen) atoms. The Kier molecular flexibility index (Phi) is 2.25. The second-order valence-corrected chi connectivity index (χ2v) is 1.76. The third-order valence-electron chi connectivity index (χ3n) is 0.815. The number of hydrogen-bond donors (Lipinski definition) is 0. The van der Waals surface area contributed by atoms with Crippen molar-refractivity contribution >= 4 is 7.98 Å². The van der Waals surface area contributed by atoms with E-state index in [1.54, 1.807) is 4.81 Å². The first kappa shape index (κ1) is 6.02. The smallest absolute Gasteiger partial charge is 0.182 e. The molecule has 0 unspecified atom stereocenters. The standard InChI is InChI=1S/C4H10BN/c1-4(2)6(3)5/h4H,1-3H3. The van der Waals surface area contributed by atoms with Crippen LogP contribution in [0, 0.1) is 0 Å². The Labute approximate surface area is 40.8 Å². The molecule has 0 rings (SSSR count). The van der Waals surface area contributed by atoms with Gasteiger partial charge in [0.2, 0.25) is 0 Å². The lowest BCUT2D eigenvalue weighted by molar-refractivity contribution is 0.451. The Morgan fingerprint density at radius 2 is 1.67 bits per heavy atom. The van der Waals surface area contributed by atoms with E-state index in [9.17, 15) is 0 Å². The number of nitrogens with zero attached hydrogens (tertiary/aromatic N) is 1. The first-order valence-corrected chi connectivity index (χ1v) is 2.12. The maximum absolute atomic E-state index is 5.27. The Balaban J connectivity index is 2.99. The summed E-state index contributed by atoms with van der Waals surface area (Å²) in [4.78, 5) is 1.67. The van der Waals surface area contributed by atoms with Crippen molar-refractivity contribution in [3.8, 4) is 0 Å². The predicted molar refractivity (Wildman–Crippen MR) is 28.7 cm³/mol. The minimum absolute atomic E-state index is 0.463. The van der Waals surface area contributed by atoms with Crippen molar-refractivity contribution in [2.24, 2.45) is 0 Å². The highest BCUT2D eigenvalue weighted by Gasteiger charge is 1.90. The van der Waals surface area contributed by atoms with E-state index in [4.69, 9.17) is 7.98 Å². The molecule has 0 aliphatic heterocycles. The fraction of sp³-hybridized carbons (Fsp3) is 1.00. The van der Waals surface area contributed by atoms with Crippen molar-refractivity contribution in [2.75, 3.05) is 7.05 Å². The molecule has 0 heterocycles. The molecule has 0 aromatic heterocycles. The van der Waals surface area contributed by atoms with E-state index >= 15 is 0 Å². The van der Waals surface area contributed by atoms with Crippen molar-refractivity contribution in [3.05, 3.63) is 0 Å². The van der Waals surface area contributed by atoms with Gasteiger partial charge in [0.1, 0.15) is 0 Å². The van der Waals surface area contributed by atoms with E-state index < -0.39 is 0 Å². The summed E-state index contributed by atoms with van der Waals surface area (Å²) < 4.78 is 0. The maximum atomic E-state index is 5.27. The highest BCUT2D eigenvalue weighted by Crippen LogP contribution is 1.83. The zero-order valence-corrected chi connectivity index (χ0v) is 4.60. The Morgan fingerprint density at radius 1 is 1.50 bits per heavy atom. The number of rotatable bonds is 1. The first-order chi connectivity index (χ1) is 2.64. The van der Waals surface area contributed by atoms with E-state index in [1.165, 1.54) is 0 Å². The van der Waals surface area contributed by atoms with Gasteiger partial charge in [-0.05, 0) is 13.1 Å². The van der Waals surface area contributed by atoms with Crippen molar-refractivity contribution in [3.63, 3.8) is 0 Å². The largest absolute Gasteiger partial charge is 0.354 e. The zero-order chi connectivity index (χ0) is 5.15. The van der Waals surface area contributed by atoms with Crippen LogP contribution in [0.1, 0.15) is 13.8 Å². The topological polar surface area (TPSA) is 3.24 Å². The number of hydrogen-bond acceptors (Lipinski definition) is 1. The molecule has 1 nitrogen and oxygen atoms in total. The lowest BCUT2D eigenvalue weighted by atomic mass is 10.2. The molecule has 2 heteroatoms. The third kappa shape index (κ3) is 2.27. The minimum atomic E-state index is 0.463. The molecule has 0 amide bonds. The van der Waals surface area contributed by atoms with Crippen LogP contribution in [-0.2, 0) is 0 Å². The van der Waals surface area contributed by atoms with Gasteiger partial charge in [-0.3, -0.25) is 0 Å². The molecule has 0 aromatic rings. The van der Waals surface area contributed by atoms with Gasteiger partial charge in [-0.25, -0.2) is 0 Å². The molecule has 0 saturated carbocycles.